The summed E-state index contributed by atoms with van der Waals surface area (Å²) in [6, 6.07) is 1.68. The number of methoxy groups -OCH3 is 1. The predicted octanol–water partition coefficient (Wildman–Crippen LogP) is 0.937. The highest BCUT2D eigenvalue weighted by molar-refractivity contribution is 5.99. The van der Waals surface area contributed by atoms with Crippen LogP contribution >= 0.6 is 12.4 Å². The van der Waals surface area contributed by atoms with Crippen molar-refractivity contribution in [3.8, 4) is 11.5 Å². The number of β-amino-alcohol motifs (C(OH)–C–C–N with tert-alkyl or cyclic N) is 1. The lowest BCUT2D eigenvalue weighted by Gasteiger charge is -2.15. The molecule has 1 amide bonds. The second-order valence-electron chi connectivity index (χ2n) is 5.35. The Kier molecular flexibility index (Phi) is 7.93. The van der Waals surface area contributed by atoms with Crippen LogP contribution in [0, 0.1) is 16.0 Å². The fraction of sp³-hybridized carbons (Fsp3) is 0.500. The number of carbonyl (C=O) groups is 1. The molecular weight excluding hydrogens is 380 g/mol. The fourth-order valence-electron chi connectivity index (χ4n) is 2.48. The van der Waals surface area contributed by atoms with Crippen LogP contribution in [0.15, 0.2) is 12.1 Å². The van der Waals surface area contributed by atoms with Gasteiger partial charge in [0.15, 0.2) is 11.5 Å². The van der Waals surface area contributed by atoms with Gasteiger partial charge in [0.2, 0.25) is 0 Å². The third-order valence-corrected chi connectivity index (χ3v) is 3.77. The molecule has 0 saturated carbocycles. The minimum atomic E-state index is -3.20. The summed E-state index contributed by atoms with van der Waals surface area (Å²) in [5, 5.41) is 26.3. The quantitative estimate of drug-likeness (QED) is 0.462. The van der Waals surface area contributed by atoms with Crippen molar-refractivity contribution in [2.24, 2.45) is 5.92 Å². The fourth-order valence-corrected chi connectivity index (χ4v) is 2.48. The number of alkyl halides is 2. The van der Waals surface area contributed by atoms with E-state index in [9.17, 15) is 28.8 Å². The Bertz CT molecular complexity index is 664. The van der Waals surface area contributed by atoms with E-state index in [0.29, 0.717) is 19.2 Å². The maximum atomic E-state index is 12.4. The molecular formula is C14H18ClF2N3O6. The molecule has 0 aromatic heterocycles. The van der Waals surface area contributed by atoms with E-state index in [-0.39, 0.29) is 36.2 Å². The number of benzene rings is 1. The van der Waals surface area contributed by atoms with Gasteiger partial charge in [0.05, 0.1) is 24.2 Å². The van der Waals surface area contributed by atoms with Gasteiger partial charge in [0.25, 0.3) is 11.6 Å². The Balaban J connectivity index is 0.00000338. The first-order valence-corrected chi connectivity index (χ1v) is 7.31. The first-order valence-electron chi connectivity index (χ1n) is 7.31. The molecule has 2 unspecified atom stereocenters. The highest BCUT2D eigenvalue weighted by Crippen LogP contribution is 2.35. The van der Waals surface area contributed by atoms with Gasteiger partial charge in [-0.05, 0) is 0 Å². The number of nitrogens with zero attached hydrogens (tertiary/aromatic N) is 1. The van der Waals surface area contributed by atoms with Crippen LogP contribution in [0.3, 0.4) is 0 Å². The smallest absolute Gasteiger partial charge is 0.387 e. The second kappa shape index (κ2) is 9.46. The molecule has 2 rings (SSSR count). The monoisotopic (exact) mass is 397 g/mol. The molecule has 26 heavy (non-hydrogen) atoms. The molecule has 9 nitrogen and oxygen atoms in total. The van der Waals surface area contributed by atoms with Crippen LogP contribution in [0.4, 0.5) is 14.5 Å². The number of hydrogen-bond donors (Lipinski definition) is 3. The summed E-state index contributed by atoms with van der Waals surface area (Å²) in [6.45, 7) is -2.21. The number of aliphatic hydroxyl groups excluding tert-OH is 1. The molecule has 2 atom stereocenters. The van der Waals surface area contributed by atoms with Gasteiger partial charge in [-0.25, -0.2) is 0 Å². The lowest BCUT2D eigenvalue weighted by molar-refractivity contribution is -0.385. The van der Waals surface area contributed by atoms with Gasteiger partial charge in [-0.15, -0.1) is 12.4 Å². The normalized spacial score (nSPS) is 19.0. The Hall–Kier alpha value is -2.24. The molecule has 0 aliphatic carbocycles. The molecule has 0 spiro atoms. The Morgan fingerprint density at radius 1 is 1.46 bits per heavy atom. The average molecular weight is 398 g/mol. The van der Waals surface area contributed by atoms with Gasteiger partial charge in [0.1, 0.15) is 5.56 Å². The molecule has 0 bridgehead atoms. The van der Waals surface area contributed by atoms with E-state index in [1.807, 2.05) is 0 Å². The first-order chi connectivity index (χ1) is 11.8. The molecule has 1 heterocycles. The first kappa shape index (κ1) is 21.8. The number of nitrogens with one attached hydrogen (secondary N) is 2. The van der Waals surface area contributed by atoms with Crippen molar-refractivity contribution in [2.45, 2.75) is 12.7 Å². The minimum Gasteiger partial charge on any atom is -0.493 e. The van der Waals surface area contributed by atoms with Crippen molar-refractivity contribution < 1.29 is 33.1 Å². The Morgan fingerprint density at radius 3 is 2.65 bits per heavy atom. The van der Waals surface area contributed by atoms with Crippen molar-refractivity contribution in [1.82, 2.24) is 10.6 Å². The van der Waals surface area contributed by atoms with Crippen molar-refractivity contribution >= 4 is 24.0 Å². The standard InChI is InChI=1S/C14H17F2N3O6.ClH/c1-24-11-2-8(9(19(22)23)3-12(11)25-14(15)16)13(21)18-5-7-4-17-6-10(7)20;/h2-3,7,10,14,17,20H,4-6H2,1H3,(H,18,21);1H. The number of nitro benzene ring substituents is 1. The predicted molar refractivity (Wildman–Crippen MR) is 88.2 cm³/mol. The molecule has 1 aliphatic rings. The van der Waals surface area contributed by atoms with Crippen LogP contribution in [0.1, 0.15) is 10.4 Å². The van der Waals surface area contributed by atoms with Gasteiger partial charge >= 0.3 is 6.61 Å². The molecule has 1 aromatic carbocycles. The van der Waals surface area contributed by atoms with E-state index in [2.05, 4.69) is 15.4 Å². The third kappa shape index (κ3) is 5.13. The number of hydrogen-bond acceptors (Lipinski definition) is 7. The SMILES string of the molecule is COc1cc(C(=O)NCC2CNCC2O)c([N+](=O)[O-])cc1OC(F)F.Cl. The number of nitro groups is 1. The van der Waals surface area contributed by atoms with Crippen molar-refractivity contribution in [2.75, 3.05) is 26.7 Å². The third-order valence-electron chi connectivity index (χ3n) is 3.77. The van der Waals surface area contributed by atoms with Gasteiger partial charge in [-0.1, -0.05) is 0 Å². The second-order valence-corrected chi connectivity index (χ2v) is 5.35. The lowest BCUT2D eigenvalue weighted by atomic mass is 10.1. The van der Waals surface area contributed by atoms with Gasteiger partial charge in [-0.2, -0.15) is 8.78 Å². The number of halogens is 3. The van der Waals surface area contributed by atoms with Crippen LogP contribution in [-0.4, -0.2) is 55.4 Å². The maximum absolute atomic E-state index is 12.4. The highest BCUT2D eigenvalue weighted by atomic mass is 35.5. The van der Waals surface area contributed by atoms with E-state index < -0.39 is 35.0 Å². The Labute approximate surface area is 153 Å². The topological polar surface area (TPSA) is 123 Å². The number of rotatable bonds is 7. The lowest BCUT2D eigenvalue weighted by Crippen LogP contribution is -2.34. The molecule has 1 aromatic rings. The zero-order valence-electron chi connectivity index (χ0n) is 13.6. The maximum Gasteiger partial charge on any atom is 0.387 e. The number of amides is 1. The summed E-state index contributed by atoms with van der Waals surface area (Å²) in [5.41, 5.74) is -1.05. The van der Waals surface area contributed by atoms with Crippen LogP contribution in [-0.2, 0) is 0 Å². The molecule has 146 valence electrons. The summed E-state index contributed by atoms with van der Waals surface area (Å²) in [4.78, 5) is 22.6. The van der Waals surface area contributed by atoms with Gasteiger partial charge in [0, 0.05) is 31.6 Å². The average Bonchev–Trinajstić information content (AvgIpc) is 2.96. The van der Waals surface area contributed by atoms with E-state index in [1.54, 1.807) is 0 Å². The zero-order chi connectivity index (χ0) is 18.6. The zero-order valence-corrected chi connectivity index (χ0v) is 14.4. The van der Waals surface area contributed by atoms with Crippen LogP contribution in [0.25, 0.3) is 0 Å². The van der Waals surface area contributed by atoms with E-state index in [4.69, 9.17) is 4.74 Å². The van der Waals surface area contributed by atoms with Crippen LogP contribution < -0.4 is 20.1 Å². The molecule has 1 saturated heterocycles. The molecule has 1 aliphatic heterocycles. The number of ether oxygens (including phenoxy) is 2. The van der Waals surface area contributed by atoms with Crippen LogP contribution in [0.2, 0.25) is 0 Å². The van der Waals surface area contributed by atoms with Crippen molar-refractivity contribution in [1.29, 1.82) is 0 Å². The van der Waals surface area contributed by atoms with Crippen molar-refractivity contribution in [3.63, 3.8) is 0 Å². The largest absolute Gasteiger partial charge is 0.493 e. The molecule has 1 fully saturated rings. The number of carbonyl (C=O) groups excluding carboxylic acids is 1. The Morgan fingerprint density at radius 2 is 2.15 bits per heavy atom. The van der Waals surface area contributed by atoms with Crippen LogP contribution in [0.5, 0.6) is 11.5 Å². The van der Waals surface area contributed by atoms with E-state index in [0.717, 1.165) is 13.2 Å². The molecule has 0 radical (unpaired) electrons. The summed E-state index contributed by atoms with van der Waals surface area (Å²) >= 11 is 0. The summed E-state index contributed by atoms with van der Waals surface area (Å²) < 4.78 is 33.8. The molecule has 12 heteroatoms. The summed E-state index contributed by atoms with van der Waals surface area (Å²) in [6.07, 6.45) is -0.633. The molecule has 3 N–H and O–H groups in total. The number of aliphatic hydroxyl groups is 1. The van der Waals surface area contributed by atoms with E-state index >= 15 is 0 Å². The van der Waals surface area contributed by atoms with Gasteiger partial charge in [-0.3, -0.25) is 14.9 Å². The summed E-state index contributed by atoms with van der Waals surface area (Å²) in [7, 11) is 1.15. The van der Waals surface area contributed by atoms with Crippen molar-refractivity contribution in [3.05, 3.63) is 27.8 Å². The van der Waals surface area contributed by atoms with Gasteiger partial charge < -0.3 is 25.2 Å². The highest BCUT2D eigenvalue weighted by Gasteiger charge is 2.28. The minimum absolute atomic E-state index is 0. The summed E-state index contributed by atoms with van der Waals surface area (Å²) in [5.74, 6) is -1.80. The van der Waals surface area contributed by atoms with E-state index in [1.165, 1.54) is 0 Å².